The van der Waals surface area contributed by atoms with Gasteiger partial charge in [0.2, 0.25) is 0 Å². The summed E-state index contributed by atoms with van der Waals surface area (Å²) in [6, 6.07) is 4.35. The summed E-state index contributed by atoms with van der Waals surface area (Å²) < 4.78 is 4.78. The zero-order chi connectivity index (χ0) is 14.2. The van der Waals surface area contributed by atoms with Crippen molar-refractivity contribution in [2.24, 2.45) is 5.73 Å². The van der Waals surface area contributed by atoms with E-state index < -0.39 is 0 Å². The first-order chi connectivity index (χ1) is 8.93. The van der Waals surface area contributed by atoms with Gasteiger partial charge in [-0.15, -0.1) is 0 Å². The van der Waals surface area contributed by atoms with E-state index in [1.807, 2.05) is 0 Å². The first-order valence-corrected chi connectivity index (χ1v) is 7.13. The molecule has 2 rings (SSSR count). The van der Waals surface area contributed by atoms with Crippen LogP contribution in [0.5, 0.6) is 0 Å². The number of methoxy groups -OCH3 is 1. The molecule has 0 amide bonds. The van der Waals surface area contributed by atoms with Gasteiger partial charge in [0.15, 0.2) is 0 Å². The van der Waals surface area contributed by atoms with E-state index >= 15 is 0 Å². The number of hydrogen-bond donors (Lipinski definition) is 1. The maximum absolute atomic E-state index is 11.7. The Hall–Kier alpha value is -1.42. The number of thioether (sulfide) groups is 1. The fourth-order valence-corrected chi connectivity index (χ4v) is 4.07. The van der Waals surface area contributed by atoms with E-state index in [1.54, 1.807) is 11.8 Å². The Balaban J connectivity index is 2.31. The lowest BCUT2D eigenvalue weighted by Gasteiger charge is -2.17. The quantitative estimate of drug-likeness (QED) is 0.844. The summed E-state index contributed by atoms with van der Waals surface area (Å²) in [5.41, 5.74) is 11.6. The minimum Gasteiger partial charge on any atom is -0.466 e. The normalized spacial score (nSPS) is 18.8. The number of nitrogens with two attached hydrogens (primary N) is 1. The standard InChI is InChI=1S/C15H19NO2S/c1-8-5-9(2)13(10(3)6-8)12-7-11(14(16)19-12)15(17)18-4/h5-6,12H,7,16H2,1-4H3. The first kappa shape index (κ1) is 14.0. The lowest BCUT2D eigenvalue weighted by molar-refractivity contribution is -0.136. The zero-order valence-corrected chi connectivity index (χ0v) is 12.6. The Morgan fingerprint density at radius 1 is 1.32 bits per heavy atom. The largest absolute Gasteiger partial charge is 0.466 e. The topological polar surface area (TPSA) is 52.3 Å². The number of carbonyl (C=O) groups excluding carboxylic acids is 1. The molecular weight excluding hydrogens is 258 g/mol. The van der Waals surface area contributed by atoms with Crippen LogP contribution in [0.3, 0.4) is 0 Å². The molecule has 4 heteroatoms. The molecule has 1 aromatic carbocycles. The molecule has 1 aliphatic rings. The van der Waals surface area contributed by atoms with Gasteiger partial charge in [-0.2, -0.15) is 0 Å². The molecule has 1 aliphatic heterocycles. The van der Waals surface area contributed by atoms with Crippen molar-refractivity contribution < 1.29 is 9.53 Å². The molecule has 0 spiro atoms. The molecule has 19 heavy (non-hydrogen) atoms. The van der Waals surface area contributed by atoms with Gasteiger partial charge in [-0.1, -0.05) is 29.5 Å². The average Bonchev–Trinajstić information content (AvgIpc) is 2.68. The second-order valence-corrected chi connectivity index (χ2v) is 6.20. The van der Waals surface area contributed by atoms with E-state index in [0.717, 1.165) is 0 Å². The molecule has 0 saturated carbocycles. The minimum atomic E-state index is -0.310. The van der Waals surface area contributed by atoms with Gasteiger partial charge in [0.1, 0.15) is 0 Å². The monoisotopic (exact) mass is 277 g/mol. The average molecular weight is 277 g/mol. The molecule has 2 N–H and O–H groups in total. The van der Waals surface area contributed by atoms with E-state index in [9.17, 15) is 4.79 Å². The van der Waals surface area contributed by atoms with Crippen LogP contribution in [0, 0.1) is 20.8 Å². The van der Waals surface area contributed by atoms with E-state index in [2.05, 4.69) is 32.9 Å². The molecule has 1 atom stereocenters. The van der Waals surface area contributed by atoms with Crippen molar-refractivity contribution >= 4 is 17.7 Å². The van der Waals surface area contributed by atoms with Crippen LogP contribution in [0.4, 0.5) is 0 Å². The highest BCUT2D eigenvalue weighted by molar-refractivity contribution is 8.03. The number of rotatable bonds is 2. The summed E-state index contributed by atoms with van der Waals surface area (Å²) in [5.74, 6) is -0.310. The number of carbonyl (C=O) groups is 1. The van der Waals surface area contributed by atoms with Crippen LogP contribution in [-0.4, -0.2) is 13.1 Å². The number of benzene rings is 1. The van der Waals surface area contributed by atoms with Crippen LogP contribution in [0.1, 0.15) is 33.9 Å². The molecule has 0 bridgehead atoms. The molecule has 0 aromatic heterocycles. The lowest BCUT2D eigenvalue weighted by Crippen LogP contribution is -2.08. The minimum absolute atomic E-state index is 0.217. The van der Waals surface area contributed by atoms with Gasteiger partial charge in [0.05, 0.1) is 17.7 Å². The second-order valence-electron chi connectivity index (χ2n) is 4.96. The van der Waals surface area contributed by atoms with Crippen LogP contribution in [0.2, 0.25) is 0 Å². The molecule has 0 aliphatic carbocycles. The Morgan fingerprint density at radius 2 is 1.89 bits per heavy atom. The maximum Gasteiger partial charge on any atom is 0.336 e. The lowest BCUT2D eigenvalue weighted by atomic mass is 9.94. The van der Waals surface area contributed by atoms with Gasteiger partial charge in [-0.3, -0.25) is 0 Å². The Bertz CT molecular complexity index is 540. The van der Waals surface area contributed by atoms with E-state index in [-0.39, 0.29) is 11.2 Å². The van der Waals surface area contributed by atoms with Crippen molar-refractivity contribution in [1.82, 2.24) is 0 Å². The van der Waals surface area contributed by atoms with Crippen LogP contribution in [-0.2, 0) is 9.53 Å². The highest BCUT2D eigenvalue weighted by Gasteiger charge is 2.31. The van der Waals surface area contributed by atoms with Gasteiger partial charge in [-0.25, -0.2) is 4.79 Å². The third-order valence-corrected chi connectivity index (χ3v) is 4.64. The molecule has 0 saturated heterocycles. The van der Waals surface area contributed by atoms with Crippen molar-refractivity contribution in [3.05, 3.63) is 45.0 Å². The van der Waals surface area contributed by atoms with Crippen LogP contribution in [0.15, 0.2) is 22.7 Å². The van der Waals surface area contributed by atoms with Crippen LogP contribution < -0.4 is 5.73 Å². The molecule has 3 nitrogen and oxygen atoms in total. The van der Waals surface area contributed by atoms with Gasteiger partial charge in [0, 0.05) is 5.25 Å². The number of aryl methyl sites for hydroxylation is 3. The van der Waals surface area contributed by atoms with Gasteiger partial charge in [0.25, 0.3) is 0 Å². The Kier molecular flexibility index (Phi) is 3.90. The highest BCUT2D eigenvalue weighted by atomic mass is 32.2. The maximum atomic E-state index is 11.7. The summed E-state index contributed by atoms with van der Waals surface area (Å²) >= 11 is 1.56. The number of ether oxygens (including phenoxy) is 1. The van der Waals surface area contributed by atoms with E-state index in [4.69, 9.17) is 10.5 Å². The van der Waals surface area contributed by atoms with Crippen molar-refractivity contribution in [2.75, 3.05) is 7.11 Å². The van der Waals surface area contributed by atoms with Crippen molar-refractivity contribution in [3.63, 3.8) is 0 Å². The second kappa shape index (κ2) is 5.29. The third-order valence-electron chi connectivity index (χ3n) is 3.45. The number of hydrogen-bond acceptors (Lipinski definition) is 4. The first-order valence-electron chi connectivity index (χ1n) is 6.25. The highest BCUT2D eigenvalue weighted by Crippen LogP contribution is 2.47. The molecule has 1 heterocycles. The zero-order valence-electron chi connectivity index (χ0n) is 11.7. The summed E-state index contributed by atoms with van der Waals surface area (Å²) in [4.78, 5) is 11.7. The molecule has 0 fully saturated rings. The molecule has 1 unspecified atom stereocenters. The molecular formula is C15H19NO2S. The van der Waals surface area contributed by atoms with E-state index in [1.165, 1.54) is 29.4 Å². The van der Waals surface area contributed by atoms with Gasteiger partial charge in [-0.05, 0) is 43.9 Å². The summed E-state index contributed by atoms with van der Waals surface area (Å²) in [5, 5.41) is 0.811. The summed E-state index contributed by atoms with van der Waals surface area (Å²) in [7, 11) is 1.39. The Labute approximate surface area is 118 Å². The van der Waals surface area contributed by atoms with Crippen LogP contribution >= 0.6 is 11.8 Å². The fourth-order valence-electron chi connectivity index (χ4n) is 2.72. The fraction of sp³-hybridized carbons (Fsp3) is 0.400. The molecule has 1 aromatic rings. The Morgan fingerprint density at radius 3 is 2.42 bits per heavy atom. The van der Waals surface area contributed by atoms with E-state index in [0.29, 0.717) is 17.0 Å². The SMILES string of the molecule is COC(=O)C1=C(N)SC(c2c(C)cc(C)cc2C)C1. The smallest absolute Gasteiger partial charge is 0.336 e. The predicted molar refractivity (Wildman–Crippen MR) is 78.8 cm³/mol. The summed E-state index contributed by atoms with van der Waals surface area (Å²) in [6.07, 6.45) is 0.647. The van der Waals surface area contributed by atoms with Crippen molar-refractivity contribution in [2.45, 2.75) is 32.4 Å². The predicted octanol–water partition coefficient (Wildman–Crippen LogP) is 3.13. The molecule has 102 valence electrons. The molecule has 0 radical (unpaired) electrons. The third kappa shape index (κ3) is 2.63. The van der Waals surface area contributed by atoms with Crippen molar-refractivity contribution in [1.29, 1.82) is 0 Å². The van der Waals surface area contributed by atoms with Gasteiger partial charge >= 0.3 is 5.97 Å². The van der Waals surface area contributed by atoms with Crippen molar-refractivity contribution in [3.8, 4) is 0 Å². The van der Waals surface area contributed by atoms with Crippen LogP contribution in [0.25, 0.3) is 0 Å². The number of esters is 1. The summed E-state index contributed by atoms with van der Waals surface area (Å²) in [6.45, 7) is 6.32. The van der Waals surface area contributed by atoms with Gasteiger partial charge < -0.3 is 10.5 Å².